The number of halogens is 2. The highest BCUT2D eigenvalue weighted by Gasteiger charge is 2.01. The van der Waals surface area contributed by atoms with Crippen molar-refractivity contribution in [2.24, 2.45) is 0 Å². The molecule has 4 heteroatoms. The summed E-state index contributed by atoms with van der Waals surface area (Å²) in [5.41, 5.74) is 0.884. The molecule has 0 fully saturated rings. The highest BCUT2D eigenvalue weighted by atomic mass is 35.5. The predicted molar refractivity (Wildman–Crippen MR) is 60.0 cm³/mol. The molecule has 2 rings (SSSR count). The topological polar surface area (TPSA) is 22.1 Å². The van der Waals surface area contributed by atoms with E-state index in [1.165, 1.54) is 18.3 Å². The van der Waals surface area contributed by atoms with Crippen molar-refractivity contribution < 1.29 is 9.13 Å². The molecule has 0 saturated heterocycles. The van der Waals surface area contributed by atoms with E-state index in [4.69, 9.17) is 16.3 Å². The molecular weight excluding hydrogens is 229 g/mol. The van der Waals surface area contributed by atoms with Gasteiger partial charge in [0.25, 0.3) is 0 Å². The van der Waals surface area contributed by atoms with Crippen LogP contribution in [0.2, 0.25) is 5.02 Å². The normalized spacial score (nSPS) is 10.1. The first kappa shape index (κ1) is 10.9. The molecule has 0 unspecified atom stereocenters. The molecule has 0 bridgehead atoms. The van der Waals surface area contributed by atoms with E-state index < -0.39 is 0 Å². The van der Waals surface area contributed by atoms with Gasteiger partial charge in [-0.25, -0.2) is 4.39 Å². The van der Waals surface area contributed by atoms with Crippen LogP contribution in [0.1, 0.15) is 5.56 Å². The summed E-state index contributed by atoms with van der Waals surface area (Å²) in [5, 5.41) is 0.463. The van der Waals surface area contributed by atoms with Crippen LogP contribution in [0.15, 0.2) is 42.7 Å². The first-order chi connectivity index (χ1) is 7.75. The minimum Gasteiger partial charge on any atom is -0.487 e. The van der Waals surface area contributed by atoms with Gasteiger partial charge in [-0.15, -0.1) is 0 Å². The van der Waals surface area contributed by atoms with Crippen LogP contribution in [0.5, 0.6) is 5.75 Å². The molecule has 0 atom stereocenters. The molecule has 1 aromatic heterocycles. The van der Waals surface area contributed by atoms with Crippen molar-refractivity contribution in [2.45, 2.75) is 6.61 Å². The van der Waals surface area contributed by atoms with Crippen molar-refractivity contribution in [1.82, 2.24) is 4.98 Å². The van der Waals surface area contributed by atoms with Crippen LogP contribution in [0.4, 0.5) is 4.39 Å². The quantitative estimate of drug-likeness (QED) is 0.816. The van der Waals surface area contributed by atoms with E-state index in [0.717, 1.165) is 5.56 Å². The van der Waals surface area contributed by atoms with Gasteiger partial charge in [-0.05, 0) is 17.7 Å². The molecule has 0 spiro atoms. The Morgan fingerprint density at radius 3 is 2.62 bits per heavy atom. The van der Waals surface area contributed by atoms with Crippen molar-refractivity contribution in [1.29, 1.82) is 0 Å². The molecule has 0 aliphatic rings. The van der Waals surface area contributed by atoms with Crippen LogP contribution in [0, 0.1) is 5.82 Å². The van der Waals surface area contributed by atoms with Crippen molar-refractivity contribution in [3.63, 3.8) is 0 Å². The number of rotatable bonds is 3. The average molecular weight is 238 g/mol. The van der Waals surface area contributed by atoms with E-state index in [2.05, 4.69) is 4.98 Å². The second-order valence-corrected chi connectivity index (χ2v) is 3.63. The molecule has 1 aromatic carbocycles. The lowest BCUT2D eigenvalue weighted by Crippen LogP contribution is -1.96. The number of ether oxygens (including phenoxy) is 1. The Balaban J connectivity index is 2.02. The predicted octanol–water partition coefficient (Wildman–Crippen LogP) is 3.45. The van der Waals surface area contributed by atoms with Gasteiger partial charge in [0.2, 0.25) is 0 Å². The maximum atomic E-state index is 12.6. The molecule has 0 amide bonds. The summed E-state index contributed by atoms with van der Waals surface area (Å²) >= 11 is 5.87. The van der Waals surface area contributed by atoms with E-state index in [1.807, 2.05) is 0 Å². The van der Waals surface area contributed by atoms with Crippen LogP contribution in [0.3, 0.4) is 0 Å². The number of aromatic nitrogens is 1. The number of benzene rings is 1. The molecule has 82 valence electrons. The SMILES string of the molecule is Fc1ccc(COc2ccncc2Cl)cc1. The van der Waals surface area contributed by atoms with Crippen molar-refractivity contribution in [3.05, 3.63) is 59.1 Å². The van der Waals surface area contributed by atoms with Gasteiger partial charge >= 0.3 is 0 Å². The lowest BCUT2D eigenvalue weighted by molar-refractivity contribution is 0.306. The maximum Gasteiger partial charge on any atom is 0.141 e. The molecular formula is C12H9ClFNO. The summed E-state index contributed by atoms with van der Waals surface area (Å²) in [6.07, 6.45) is 3.12. The highest BCUT2D eigenvalue weighted by Crippen LogP contribution is 2.22. The number of hydrogen-bond donors (Lipinski definition) is 0. The Bertz CT molecular complexity index is 473. The fourth-order valence-electron chi connectivity index (χ4n) is 1.22. The Morgan fingerprint density at radius 1 is 1.19 bits per heavy atom. The van der Waals surface area contributed by atoms with Crippen LogP contribution >= 0.6 is 11.6 Å². The van der Waals surface area contributed by atoms with Crippen molar-refractivity contribution in [3.8, 4) is 5.75 Å². The number of hydrogen-bond acceptors (Lipinski definition) is 2. The molecule has 0 N–H and O–H groups in total. The molecule has 0 aliphatic heterocycles. The summed E-state index contributed by atoms with van der Waals surface area (Å²) in [6, 6.07) is 7.82. The minimum atomic E-state index is -0.259. The van der Waals surface area contributed by atoms with E-state index in [0.29, 0.717) is 17.4 Å². The van der Waals surface area contributed by atoms with Gasteiger partial charge in [-0.3, -0.25) is 4.98 Å². The standard InChI is InChI=1S/C12H9ClFNO/c13-11-7-15-6-5-12(11)16-8-9-1-3-10(14)4-2-9/h1-7H,8H2. The molecule has 2 aromatic rings. The van der Waals surface area contributed by atoms with Gasteiger partial charge in [0.05, 0.1) is 0 Å². The van der Waals surface area contributed by atoms with Gasteiger partial charge in [-0.2, -0.15) is 0 Å². The molecule has 2 nitrogen and oxygen atoms in total. The number of nitrogens with zero attached hydrogens (tertiary/aromatic N) is 1. The smallest absolute Gasteiger partial charge is 0.141 e. The van der Waals surface area contributed by atoms with Gasteiger partial charge in [0.1, 0.15) is 23.2 Å². The summed E-state index contributed by atoms with van der Waals surface area (Å²) in [7, 11) is 0. The third-order valence-corrected chi connectivity index (χ3v) is 2.33. The lowest BCUT2D eigenvalue weighted by atomic mass is 10.2. The van der Waals surface area contributed by atoms with Crippen molar-refractivity contribution in [2.75, 3.05) is 0 Å². The molecule has 1 heterocycles. The molecule has 16 heavy (non-hydrogen) atoms. The van der Waals surface area contributed by atoms with Gasteiger partial charge < -0.3 is 4.74 Å². The van der Waals surface area contributed by atoms with Crippen LogP contribution in [0.25, 0.3) is 0 Å². The van der Waals surface area contributed by atoms with E-state index in [1.54, 1.807) is 24.4 Å². The largest absolute Gasteiger partial charge is 0.487 e. The van der Waals surface area contributed by atoms with Gasteiger partial charge in [-0.1, -0.05) is 23.7 Å². The Kier molecular flexibility index (Phi) is 3.37. The monoisotopic (exact) mass is 237 g/mol. The second-order valence-electron chi connectivity index (χ2n) is 3.22. The summed E-state index contributed by atoms with van der Waals surface area (Å²) in [6.45, 7) is 0.351. The van der Waals surface area contributed by atoms with Gasteiger partial charge in [0, 0.05) is 18.5 Å². The summed E-state index contributed by atoms with van der Waals surface area (Å²) in [4.78, 5) is 3.85. The van der Waals surface area contributed by atoms with Crippen molar-refractivity contribution >= 4 is 11.6 Å². The fourth-order valence-corrected chi connectivity index (χ4v) is 1.40. The minimum absolute atomic E-state index is 0.259. The Labute approximate surface area is 97.7 Å². The zero-order valence-electron chi connectivity index (χ0n) is 8.36. The first-order valence-corrected chi connectivity index (χ1v) is 5.10. The Morgan fingerprint density at radius 2 is 1.94 bits per heavy atom. The van der Waals surface area contributed by atoms with Crippen LogP contribution in [-0.4, -0.2) is 4.98 Å². The zero-order valence-corrected chi connectivity index (χ0v) is 9.12. The fraction of sp³-hybridized carbons (Fsp3) is 0.0833. The number of pyridine rings is 1. The molecule has 0 aliphatic carbocycles. The van der Waals surface area contributed by atoms with E-state index >= 15 is 0 Å². The second kappa shape index (κ2) is 4.94. The van der Waals surface area contributed by atoms with Gasteiger partial charge in [0.15, 0.2) is 0 Å². The summed E-state index contributed by atoms with van der Waals surface area (Å²) in [5.74, 6) is 0.312. The third-order valence-electron chi connectivity index (χ3n) is 2.04. The third kappa shape index (κ3) is 2.70. The molecule has 0 radical (unpaired) electrons. The molecule has 0 saturated carbocycles. The maximum absolute atomic E-state index is 12.6. The Hall–Kier alpha value is -1.61. The van der Waals surface area contributed by atoms with Crippen LogP contribution in [-0.2, 0) is 6.61 Å². The first-order valence-electron chi connectivity index (χ1n) is 4.72. The lowest BCUT2D eigenvalue weighted by Gasteiger charge is -2.07. The summed E-state index contributed by atoms with van der Waals surface area (Å²) < 4.78 is 18.1. The van der Waals surface area contributed by atoms with E-state index in [-0.39, 0.29) is 5.82 Å². The average Bonchev–Trinajstić information content (AvgIpc) is 2.30. The van der Waals surface area contributed by atoms with E-state index in [9.17, 15) is 4.39 Å². The zero-order chi connectivity index (χ0) is 11.4. The van der Waals surface area contributed by atoms with Crippen LogP contribution < -0.4 is 4.74 Å². The highest BCUT2D eigenvalue weighted by molar-refractivity contribution is 6.31.